The fourth-order valence-corrected chi connectivity index (χ4v) is 10.3. The number of amides is 4. The lowest BCUT2D eigenvalue weighted by Crippen LogP contribution is -2.52. The second-order valence-electron chi connectivity index (χ2n) is 17.8. The van der Waals surface area contributed by atoms with Crippen LogP contribution in [0, 0.1) is 31.4 Å². The number of likely N-dealkylation sites (tertiary alicyclic amines) is 1. The van der Waals surface area contributed by atoms with Crippen molar-refractivity contribution in [2.24, 2.45) is 5.92 Å². The molecule has 63 heavy (non-hydrogen) atoms. The van der Waals surface area contributed by atoms with Crippen LogP contribution in [0.2, 0.25) is 0 Å². The molecule has 8 heterocycles. The number of carbonyl (C=O) groups excluding carboxylic acids is 4. The smallest absolute Gasteiger partial charge is 0.255 e. The number of piperidine rings is 3. The molecule has 5 aliphatic heterocycles. The molecule has 0 spiro atoms. The Balaban J connectivity index is 0.704. The Bertz CT molecular complexity index is 2670. The zero-order chi connectivity index (χ0) is 43.5. The van der Waals surface area contributed by atoms with E-state index in [1.54, 1.807) is 23.1 Å². The summed E-state index contributed by atoms with van der Waals surface area (Å²) >= 11 is 0. The molecule has 3 saturated heterocycles. The summed E-state index contributed by atoms with van der Waals surface area (Å²) in [4.78, 5) is 68.2. The first kappa shape index (κ1) is 40.8. The highest BCUT2D eigenvalue weighted by Crippen LogP contribution is 2.35. The third kappa shape index (κ3) is 8.00. The maximum absolute atomic E-state index is 15.4. The van der Waals surface area contributed by atoms with Crippen LogP contribution in [0.15, 0.2) is 54.9 Å². The molecule has 4 amide bonds. The molecule has 2 aromatic carbocycles. The molecule has 0 aliphatic carbocycles. The van der Waals surface area contributed by atoms with Crippen molar-refractivity contribution in [1.29, 1.82) is 0 Å². The van der Waals surface area contributed by atoms with Gasteiger partial charge in [0.1, 0.15) is 30.0 Å². The SMILES string of the molecule is Cc1cc(C)c(-c2cc3cc(Nc4cc5n(n4)CC(=O)N(C4CCN(CC6CCN(c7cc(F)c8c(c7)C(=O)N(C7CCC(=O)NC7=O)C8)CC6)CC4)CC5)ncc3cc2F)cn1. The average Bonchev–Trinajstić information content (AvgIpc) is 3.75. The average molecular weight is 857 g/mol. The number of carbonyl (C=O) groups is 4. The molecule has 14 nitrogen and oxygen atoms in total. The van der Waals surface area contributed by atoms with Crippen LogP contribution in [0.4, 0.5) is 26.1 Å². The summed E-state index contributed by atoms with van der Waals surface area (Å²) in [6.07, 6.45) is 8.17. The molecule has 5 aromatic rings. The van der Waals surface area contributed by atoms with Crippen molar-refractivity contribution in [2.75, 3.05) is 49.5 Å². The van der Waals surface area contributed by atoms with Gasteiger partial charge in [-0.1, -0.05) is 0 Å². The highest BCUT2D eigenvalue weighted by molar-refractivity contribution is 6.05. The highest BCUT2D eigenvalue weighted by atomic mass is 19.1. The Morgan fingerprint density at radius 2 is 1.54 bits per heavy atom. The van der Waals surface area contributed by atoms with Crippen LogP contribution in [0.5, 0.6) is 0 Å². The number of benzene rings is 2. The zero-order valence-electron chi connectivity index (χ0n) is 35.5. The lowest BCUT2D eigenvalue weighted by molar-refractivity contribution is -0.137. The van der Waals surface area contributed by atoms with Crippen molar-refractivity contribution in [2.45, 2.75) is 84.0 Å². The van der Waals surface area contributed by atoms with E-state index in [1.807, 2.05) is 38.1 Å². The summed E-state index contributed by atoms with van der Waals surface area (Å²) in [6.45, 7) is 9.03. The van der Waals surface area contributed by atoms with Gasteiger partial charge in [-0.15, -0.1) is 0 Å². The zero-order valence-corrected chi connectivity index (χ0v) is 35.5. The van der Waals surface area contributed by atoms with Gasteiger partial charge >= 0.3 is 0 Å². The number of halogens is 2. The van der Waals surface area contributed by atoms with E-state index in [-0.39, 0.29) is 55.5 Å². The lowest BCUT2D eigenvalue weighted by atomic mass is 9.93. The standard InChI is InChI=1S/C47H50F2N10O4/c1-27-15-28(2)50-23-37(27)35-16-30-18-42(51-22-31(30)17-39(35)48)52-43-21-33-9-14-57(45(61)26-59(33)54-43)32-7-10-55(11-8-32)24-29-5-12-56(13-6-29)34-19-36-38(40(49)20-34)25-58(47(36)63)41-3-4-44(60)53-46(41)62/h15-23,29,32,41H,3-14,24-26H2,1-2H3,(H,51,52,54)(H,53,60,62). The van der Waals surface area contributed by atoms with Crippen LogP contribution >= 0.6 is 0 Å². The number of hydrogen-bond donors (Lipinski definition) is 2. The fraction of sp³-hybridized carbons (Fsp3) is 0.426. The number of pyridine rings is 2. The van der Waals surface area contributed by atoms with E-state index >= 15 is 8.78 Å². The molecule has 16 heteroatoms. The predicted molar refractivity (Wildman–Crippen MR) is 232 cm³/mol. The third-order valence-electron chi connectivity index (χ3n) is 13.8. The van der Waals surface area contributed by atoms with E-state index in [0.717, 1.165) is 86.3 Å². The molecule has 1 unspecified atom stereocenters. The van der Waals surface area contributed by atoms with Gasteiger partial charge in [0.05, 0.1) is 6.54 Å². The van der Waals surface area contributed by atoms with Gasteiger partial charge < -0.3 is 24.9 Å². The molecule has 3 fully saturated rings. The van der Waals surface area contributed by atoms with Crippen molar-refractivity contribution in [3.8, 4) is 11.1 Å². The van der Waals surface area contributed by atoms with Crippen molar-refractivity contribution < 1.29 is 28.0 Å². The van der Waals surface area contributed by atoms with Crippen LogP contribution < -0.4 is 15.5 Å². The first-order valence-corrected chi connectivity index (χ1v) is 22.0. The van der Waals surface area contributed by atoms with Crippen molar-refractivity contribution in [3.63, 3.8) is 0 Å². The molecular weight excluding hydrogens is 807 g/mol. The molecule has 0 bridgehead atoms. The Morgan fingerprint density at radius 3 is 2.32 bits per heavy atom. The van der Waals surface area contributed by atoms with Crippen molar-refractivity contribution in [3.05, 3.63) is 94.6 Å². The Labute approximate surface area is 363 Å². The highest BCUT2D eigenvalue weighted by Gasteiger charge is 2.41. The second kappa shape index (κ2) is 16.4. The number of anilines is 3. The van der Waals surface area contributed by atoms with E-state index in [1.165, 1.54) is 17.0 Å². The Kier molecular flexibility index (Phi) is 10.6. The number of rotatable bonds is 8. The molecule has 0 saturated carbocycles. The summed E-state index contributed by atoms with van der Waals surface area (Å²) in [6, 6.07) is 11.8. The van der Waals surface area contributed by atoms with Crippen LogP contribution in [0.25, 0.3) is 21.9 Å². The molecule has 3 aromatic heterocycles. The Hall–Kier alpha value is -6.29. The van der Waals surface area contributed by atoms with Crippen LogP contribution in [-0.4, -0.2) is 109 Å². The van der Waals surface area contributed by atoms with Gasteiger partial charge in [-0.2, -0.15) is 5.10 Å². The lowest BCUT2D eigenvalue weighted by Gasteiger charge is -2.41. The van der Waals surface area contributed by atoms with Gasteiger partial charge in [-0.25, -0.2) is 13.8 Å². The van der Waals surface area contributed by atoms with Crippen molar-refractivity contribution in [1.82, 2.24) is 39.8 Å². The first-order valence-electron chi connectivity index (χ1n) is 22.0. The fourth-order valence-electron chi connectivity index (χ4n) is 10.3. The molecule has 326 valence electrons. The molecule has 0 radical (unpaired) electrons. The van der Waals surface area contributed by atoms with E-state index in [4.69, 9.17) is 5.10 Å². The minimum Gasteiger partial charge on any atom is -0.371 e. The number of aryl methyl sites for hydroxylation is 2. The van der Waals surface area contributed by atoms with E-state index in [2.05, 4.69) is 35.3 Å². The number of nitrogens with one attached hydrogen (secondary N) is 2. The normalized spacial score (nSPS) is 20.3. The summed E-state index contributed by atoms with van der Waals surface area (Å²) in [5, 5.41) is 11.9. The molecule has 5 aliphatic rings. The predicted octanol–water partition coefficient (Wildman–Crippen LogP) is 5.66. The minimum atomic E-state index is -0.779. The number of nitrogens with zero attached hydrogens (tertiary/aromatic N) is 8. The summed E-state index contributed by atoms with van der Waals surface area (Å²) < 4.78 is 32.4. The third-order valence-corrected chi connectivity index (χ3v) is 13.8. The van der Waals surface area contributed by atoms with Crippen LogP contribution in [0.3, 0.4) is 0 Å². The molecule has 10 rings (SSSR count). The van der Waals surface area contributed by atoms with E-state index in [0.29, 0.717) is 58.3 Å². The van der Waals surface area contributed by atoms with E-state index in [9.17, 15) is 19.2 Å². The largest absolute Gasteiger partial charge is 0.371 e. The summed E-state index contributed by atoms with van der Waals surface area (Å²) in [7, 11) is 0. The van der Waals surface area contributed by atoms with Gasteiger partial charge in [0.2, 0.25) is 17.7 Å². The van der Waals surface area contributed by atoms with Gasteiger partial charge in [-0.05, 0) is 99.2 Å². The van der Waals surface area contributed by atoms with Gasteiger partial charge in [0.15, 0.2) is 5.82 Å². The summed E-state index contributed by atoms with van der Waals surface area (Å²) in [5.74, 6) is -0.258. The maximum Gasteiger partial charge on any atom is 0.255 e. The maximum atomic E-state index is 15.4. The first-order chi connectivity index (χ1) is 30.4. The monoisotopic (exact) mass is 856 g/mol. The number of fused-ring (bicyclic) bond motifs is 3. The Morgan fingerprint density at radius 1 is 0.730 bits per heavy atom. The van der Waals surface area contributed by atoms with Crippen molar-refractivity contribution >= 4 is 51.7 Å². The summed E-state index contributed by atoms with van der Waals surface area (Å²) in [5.41, 5.74) is 5.34. The van der Waals surface area contributed by atoms with Crippen LogP contribution in [-0.2, 0) is 33.9 Å². The number of imide groups is 1. The van der Waals surface area contributed by atoms with Gasteiger partial charge in [0, 0.05) is 121 Å². The number of aromatic nitrogens is 4. The number of hydrogen-bond acceptors (Lipinski definition) is 10. The van der Waals surface area contributed by atoms with Gasteiger partial charge in [-0.3, -0.25) is 34.2 Å². The van der Waals surface area contributed by atoms with Crippen LogP contribution in [0.1, 0.15) is 71.4 Å². The van der Waals surface area contributed by atoms with Gasteiger partial charge in [0.25, 0.3) is 5.91 Å². The molecule has 1 atom stereocenters. The van der Waals surface area contributed by atoms with E-state index < -0.39 is 17.8 Å². The quantitative estimate of drug-likeness (QED) is 0.188. The molecule has 2 N–H and O–H groups in total. The minimum absolute atomic E-state index is 0.0219. The topological polar surface area (TPSA) is 149 Å². The molecular formula is C47H50F2N10O4. The second-order valence-corrected chi connectivity index (χ2v) is 17.8.